The van der Waals surface area contributed by atoms with Gasteiger partial charge < -0.3 is 21.7 Å². The lowest BCUT2D eigenvalue weighted by Crippen LogP contribution is -2.24. The zero-order valence-corrected chi connectivity index (χ0v) is 19.5. The van der Waals surface area contributed by atoms with E-state index < -0.39 is 0 Å². The molecule has 0 fully saturated rings. The number of aryl methyl sites for hydroxylation is 2. The van der Waals surface area contributed by atoms with Crippen LogP contribution in [0.1, 0.15) is 60.5 Å². The van der Waals surface area contributed by atoms with Crippen molar-refractivity contribution in [2.45, 2.75) is 52.4 Å². The summed E-state index contributed by atoms with van der Waals surface area (Å²) in [5.41, 5.74) is 7.84. The normalized spacial score (nSPS) is 10.1. The predicted octanol–water partition coefficient (Wildman–Crippen LogP) is 3.92. The minimum absolute atomic E-state index is 0. The Morgan fingerprint density at radius 1 is 1.10 bits per heavy atom. The summed E-state index contributed by atoms with van der Waals surface area (Å²) in [6, 6.07) is 7.59. The van der Waals surface area contributed by atoms with Gasteiger partial charge in [-0.05, 0) is 37.0 Å². The summed E-state index contributed by atoms with van der Waals surface area (Å²) < 4.78 is 0. The second-order valence-electron chi connectivity index (χ2n) is 7.03. The van der Waals surface area contributed by atoms with E-state index in [1.807, 2.05) is 24.3 Å². The Hall–Kier alpha value is -2.65. The molecule has 0 saturated heterocycles. The minimum atomic E-state index is -0.213. The number of nitrogens with two attached hydrogens (primary N) is 1. The fourth-order valence-corrected chi connectivity index (χ4v) is 3.88. The lowest BCUT2D eigenvalue weighted by molar-refractivity contribution is -0.114. The monoisotopic (exact) mass is 466 g/mol. The van der Waals surface area contributed by atoms with Crippen LogP contribution in [0.2, 0.25) is 0 Å². The summed E-state index contributed by atoms with van der Waals surface area (Å²) in [6.07, 6.45) is 5.63. The highest BCUT2D eigenvalue weighted by molar-refractivity contribution is 7.17. The van der Waals surface area contributed by atoms with Crippen LogP contribution in [0, 0.1) is 5.41 Å². The van der Waals surface area contributed by atoms with E-state index in [1.165, 1.54) is 18.3 Å². The van der Waals surface area contributed by atoms with E-state index in [1.54, 1.807) is 0 Å². The van der Waals surface area contributed by atoms with E-state index in [-0.39, 0.29) is 30.2 Å². The fourth-order valence-electron chi connectivity index (χ4n) is 2.91. The minimum Gasteiger partial charge on any atom is -0.370 e. The van der Waals surface area contributed by atoms with Crippen LogP contribution in [-0.2, 0) is 17.6 Å². The van der Waals surface area contributed by atoms with Gasteiger partial charge in [0, 0.05) is 19.2 Å². The van der Waals surface area contributed by atoms with E-state index in [9.17, 15) is 9.59 Å². The highest BCUT2D eigenvalue weighted by Gasteiger charge is 2.18. The summed E-state index contributed by atoms with van der Waals surface area (Å²) in [7, 11) is 0. The number of carbonyl (C=O) groups excluding carboxylic acids is 2. The zero-order chi connectivity index (χ0) is 21.9. The van der Waals surface area contributed by atoms with Crippen molar-refractivity contribution in [1.29, 1.82) is 5.41 Å². The predicted molar refractivity (Wildman–Crippen MR) is 130 cm³/mol. The maximum absolute atomic E-state index is 12.7. The molecule has 2 amide bonds. The highest BCUT2D eigenvalue weighted by atomic mass is 35.5. The van der Waals surface area contributed by atoms with E-state index in [0.717, 1.165) is 36.9 Å². The van der Waals surface area contributed by atoms with Gasteiger partial charge in [0.05, 0.1) is 5.69 Å². The van der Waals surface area contributed by atoms with Crippen molar-refractivity contribution in [1.82, 2.24) is 10.3 Å². The van der Waals surface area contributed by atoms with Gasteiger partial charge in [-0.2, -0.15) is 0 Å². The molecule has 0 aliphatic rings. The SMILES string of the molecule is CCCCCCNC(=O)c1sc(NC(C)=O)nc1CCc1ccc(NC(=N)N)cc1.Cl. The topological polar surface area (TPSA) is 133 Å². The number of benzene rings is 1. The Kier molecular flexibility index (Phi) is 11.6. The number of hydrogen-bond donors (Lipinski definition) is 5. The number of aromatic nitrogens is 1. The first-order chi connectivity index (χ1) is 14.4. The third kappa shape index (κ3) is 9.35. The molecule has 1 aromatic carbocycles. The van der Waals surface area contributed by atoms with Crippen molar-refractivity contribution in [3.8, 4) is 0 Å². The number of carbonyl (C=O) groups is 2. The van der Waals surface area contributed by atoms with E-state index in [2.05, 4.69) is 27.9 Å². The number of guanidine groups is 1. The quantitative estimate of drug-likeness (QED) is 0.194. The number of anilines is 2. The summed E-state index contributed by atoms with van der Waals surface area (Å²) in [5, 5.41) is 16.1. The maximum Gasteiger partial charge on any atom is 0.263 e. The molecule has 0 radical (unpaired) electrons. The number of unbranched alkanes of at least 4 members (excludes halogenated alkanes) is 3. The van der Waals surface area contributed by atoms with Crippen molar-refractivity contribution in [2.75, 3.05) is 17.2 Å². The molecule has 0 bridgehead atoms. The molecule has 2 rings (SSSR count). The van der Waals surface area contributed by atoms with Gasteiger partial charge in [-0.3, -0.25) is 15.0 Å². The average Bonchev–Trinajstić information content (AvgIpc) is 3.08. The number of thiazole rings is 1. The summed E-state index contributed by atoms with van der Waals surface area (Å²) in [5.74, 6) is -0.465. The highest BCUT2D eigenvalue weighted by Crippen LogP contribution is 2.25. The smallest absolute Gasteiger partial charge is 0.263 e. The summed E-state index contributed by atoms with van der Waals surface area (Å²) in [6.45, 7) is 4.21. The van der Waals surface area contributed by atoms with Crippen LogP contribution in [0.4, 0.5) is 10.8 Å². The number of hydrogen-bond acceptors (Lipinski definition) is 5. The standard InChI is InChI=1S/C21H30N6O2S.ClH/c1-3-4-5-6-13-24-19(29)18-17(27-21(30-18)25-14(2)28)12-9-15-7-10-16(11-8-15)26-20(22)23;/h7-8,10-11H,3-6,9,12-13H2,1-2H3,(H,24,29)(H4,22,23,26)(H,25,27,28);1H. The Morgan fingerprint density at radius 3 is 2.42 bits per heavy atom. The van der Waals surface area contributed by atoms with Crippen LogP contribution in [0.5, 0.6) is 0 Å². The number of nitrogens with zero attached hydrogens (tertiary/aromatic N) is 1. The molecule has 0 aliphatic carbocycles. The first kappa shape index (κ1) is 26.4. The molecule has 2 aromatic rings. The van der Waals surface area contributed by atoms with Gasteiger partial charge in [0.25, 0.3) is 5.91 Å². The third-order valence-corrected chi connectivity index (χ3v) is 5.40. The fraction of sp³-hybridized carbons (Fsp3) is 0.429. The van der Waals surface area contributed by atoms with Crippen LogP contribution in [-0.4, -0.2) is 29.3 Å². The third-order valence-electron chi connectivity index (χ3n) is 4.39. The molecule has 0 saturated carbocycles. The molecule has 0 unspecified atom stereocenters. The number of halogens is 1. The van der Waals surface area contributed by atoms with Gasteiger partial charge in [0.2, 0.25) is 5.91 Å². The van der Waals surface area contributed by atoms with E-state index >= 15 is 0 Å². The molecule has 10 heteroatoms. The Labute approximate surface area is 193 Å². The number of nitrogens with one attached hydrogen (secondary N) is 4. The van der Waals surface area contributed by atoms with Gasteiger partial charge in [0.1, 0.15) is 4.88 Å². The molecule has 6 N–H and O–H groups in total. The lowest BCUT2D eigenvalue weighted by Gasteiger charge is -2.07. The lowest BCUT2D eigenvalue weighted by atomic mass is 10.1. The second-order valence-corrected chi connectivity index (χ2v) is 8.03. The zero-order valence-electron chi connectivity index (χ0n) is 17.9. The van der Waals surface area contributed by atoms with Crippen LogP contribution in [0.25, 0.3) is 0 Å². The number of rotatable bonds is 11. The van der Waals surface area contributed by atoms with Gasteiger partial charge in [-0.1, -0.05) is 49.7 Å². The molecule has 0 spiro atoms. The Morgan fingerprint density at radius 2 is 1.81 bits per heavy atom. The van der Waals surface area contributed by atoms with Gasteiger partial charge in [0.15, 0.2) is 11.1 Å². The van der Waals surface area contributed by atoms with Crippen LogP contribution >= 0.6 is 23.7 Å². The summed E-state index contributed by atoms with van der Waals surface area (Å²) in [4.78, 5) is 29.1. The van der Waals surface area contributed by atoms with Crippen molar-refractivity contribution < 1.29 is 9.59 Å². The van der Waals surface area contributed by atoms with Crippen molar-refractivity contribution in [2.24, 2.45) is 5.73 Å². The Bertz CT molecular complexity index is 869. The first-order valence-electron chi connectivity index (χ1n) is 10.1. The summed E-state index contributed by atoms with van der Waals surface area (Å²) >= 11 is 1.21. The number of amides is 2. The molecule has 1 aromatic heterocycles. The van der Waals surface area contributed by atoms with Crippen LogP contribution < -0.4 is 21.7 Å². The van der Waals surface area contributed by atoms with Crippen molar-refractivity contribution in [3.63, 3.8) is 0 Å². The molecule has 8 nitrogen and oxygen atoms in total. The maximum atomic E-state index is 12.7. The molecule has 31 heavy (non-hydrogen) atoms. The van der Waals surface area contributed by atoms with Crippen LogP contribution in [0.3, 0.4) is 0 Å². The molecular weight excluding hydrogens is 436 g/mol. The largest absolute Gasteiger partial charge is 0.370 e. The molecular formula is C21H31ClN6O2S. The van der Waals surface area contributed by atoms with Crippen molar-refractivity contribution >= 4 is 52.3 Å². The van der Waals surface area contributed by atoms with E-state index in [4.69, 9.17) is 11.1 Å². The molecule has 1 heterocycles. The van der Waals surface area contributed by atoms with E-state index in [0.29, 0.717) is 35.1 Å². The van der Waals surface area contributed by atoms with Crippen molar-refractivity contribution in [3.05, 3.63) is 40.4 Å². The second kappa shape index (κ2) is 13.6. The molecule has 0 atom stereocenters. The van der Waals surface area contributed by atoms with Gasteiger partial charge >= 0.3 is 0 Å². The van der Waals surface area contributed by atoms with Crippen LogP contribution in [0.15, 0.2) is 24.3 Å². The first-order valence-corrected chi connectivity index (χ1v) is 11.0. The Balaban J connectivity index is 0.00000480. The van der Waals surface area contributed by atoms with Gasteiger partial charge in [-0.15, -0.1) is 12.4 Å². The van der Waals surface area contributed by atoms with Gasteiger partial charge in [-0.25, -0.2) is 4.98 Å². The molecule has 0 aliphatic heterocycles. The average molecular weight is 467 g/mol. The molecule has 170 valence electrons.